The fraction of sp³-hybridized carbons (Fsp3) is 0.538. The molecule has 3 N–H and O–H groups in total. The minimum Gasteiger partial charge on any atom is -0.399 e. The molecule has 0 aromatic heterocycles. The van der Waals surface area contributed by atoms with Crippen LogP contribution in [0.5, 0.6) is 0 Å². The summed E-state index contributed by atoms with van der Waals surface area (Å²) in [4.78, 5) is 0. The van der Waals surface area contributed by atoms with Crippen LogP contribution in [0.1, 0.15) is 33.3 Å². The first kappa shape index (κ1) is 12.1. The van der Waals surface area contributed by atoms with E-state index in [0.29, 0.717) is 6.04 Å². The van der Waals surface area contributed by atoms with Gasteiger partial charge in [0.1, 0.15) is 0 Å². The smallest absolute Gasteiger partial charge is 0.0314 e. The van der Waals surface area contributed by atoms with E-state index in [9.17, 15) is 0 Å². The third-order valence-electron chi connectivity index (χ3n) is 2.20. The van der Waals surface area contributed by atoms with E-state index in [-0.39, 0.29) is 5.54 Å². The van der Waals surface area contributed by atoms with Gasteiger partial charge in [0, 0.05) is 17.3 Å². The summed E-state index contributed by atoms with van der Waals surface area (Å²) in [6.45, 7) is 8.77. The van der Waals surface area contributed by atoms with Gasteiger partial charge in [0.2, 0.25) is 0 Å². The van der Waals surface area contributed by atoms with Crippen LogP contribution in [0.4, 0.5) is 5.69 Å². The minimum absolute atomic E-state index is 0.174. The Kier molecular flexibility index (Phi) is 3.75. The lowest BCUT2D eigenvalue weighted by Gasteiger charge is -2.26. The van der Waals surface area contributed by atoms with Gasteiger partial charge in [-0.15, -0.1) is 0 Å². The molecule has 2 nitrogen and oxygen atoms in total. The summed E-state index contributed by atoms with van der Waals surface area (Å²) >= 11 is 0. The van der Waals surface area contributed by atoms with E-state index in [1.165, 1.54) is 5.56 Å². The number of nitrogens with two attached hydrogens (primary N) is 1. The minimum atomic E-state index is 0.174. The number of nitrogen functional groups attached to an aromatic ring is 1. The maximum absolute atomic E-state index is 5.64. The zero-order chi connectivity index (χ0) is 11.5. The Balaban J connectivity index is 2.51. The standard InChI is InChI=1S/C13H22N2/c1-10(15-13(2,3)4)9-11-5-7-12(14)8-6-11/h5-8,10,15H,9,14H2,1-4H3. The van der Waals surface area contributed by atoms with Gasteiger partial charge in [-0.2, -0.15) is 0 Å². The molecule has 0 radical (unpaired) electrons. The van der Waals surface area contributed by atoms with Gasteiger partial charge in [-0.05, 0) is 51.8 Å². The van der Waals surface area contributed by atoms with Crippen molar-refractivity contribution in [2.24, 2.45) is 0 Å². The van der Waals surface area contributed by atoms with Crippen molar-refractivity contribution in [1.82, 2.24) is 5.32 Å². The van der Waals surface area contributed by atoms with Crippen LogP contribution in [0.15, 0.2) is 24.3 Å². The van der Waals surface area contributed by atoms with E-state index >= 15 is 0 Å². The Bertz CT molecular complexity index is 295. The van der Waals surface area contributed by atoms with Crippen LogP contribution in [0.3, 0.4) is 0 Å². The Morgan fingerprint density at radius 1 is 1.20 bits per heavy atom. The highest BCUT2D eigenvalue weighted by atomic mass is 15.0. The number of benzene rings is 1. The summed E-state index contributed by atoms with van der Waals surface area (Å²) in [5.41, 5.74) is 7.97. The lowest BCUT2D eigenvalue weighted by Crippen LogP contribution is -2.43. The first-order valence-electron chi connectivity index (χ1n) is 5.49. The highest BCUT2D eigenvalue weighted by Crippen LogP contribution is 2.09. The zero-order valence-corrected chi connectivity index (χ0v) is 10.2. The molecule has 1 atom stereocenters. The van der Waals surface area contributed by atoms with Crippen molar-refractivity contribution in [1.29, 1.82) is 0 Å². The molecule has 0 saturated heterocycles. The Labute approximate surface area is 92.9 Å². The molecule has 0 aliphatic carbocycles. The SMILES string of the molecule is CC(Cc1ccc(N)cc1)NC(C)(C)C. The first-order valence-corrected chi connectivity index (χ1v) is 5.49. The van der Waals surface area contributed by atoms with Gasteiger partial charge in [0.05, 0.1) is 0 Å². The second-order valence-electron chi connectivity index (χ2n) is 5.24. The van der Waals surface area contributed by atoms with Crippen molar-refractivity contribution >= 4 is 5.69 Å². The molecule has 0 spiro atoms. The maximum atomic E-state index is 5.64. The van der Waals surface area contributed by atoms with Crippen LogP contribution in [0.25, 0.3) is 0 Å². The normalized spacial score (nSPS) is 13.9. The molecule has 2 heteroatoms. The monoisotopic (exact) mass is 206 g/mol. The third kappa shape index (κ3) is 4.84. The molecule has 1 unspecified atom stereocenters. The summed E-state index contributed by atoms with van der Waals surface area (Å²) in [7, 11) is 0. The van der Waals surface area contributed by atoms with E-state index in [1.807, 2.05) is 12.1 Å². The van der Waals surface area contributed by atoms with Crippen LogP contribution in [-0.4, -0.2) is 11.6 Å². The van der Waals surface area contributed by atoms with Crippen molar-refractivity contribution in [2.45, 2.75) is 45.7 Å². The molecule has 0 bridgehead atoms. The number of anilines is 1. The molecule has 0 heterocycles. The molecule has 1 aromatic rings. The average molecular weight is 206 g/mol. The molecule has 0 aliphatic rings. The summed E-state index contributed by atoms with van der Waals surface area (Å²) in [6.07, 6.45) is 1.04. The van der Waals surface area contributed by atoms with Crippen molar-refractivity contribution in [3.63, 3.8) is 0 Å². The molecule has 0 fully saturated rings. The van der Waals surface area contributed by atoms with E-state index in [2.05, 4.69) is 45.1 Å². The van der Waals surface area contributed by atoms with E-state index in [1.54, 1.807) is 0 Å². The largest absolute Gasteiger partial charge is 0.399 e. The zero-order valence-electron chi connectivity index (χ0n) is 10.2. The molecular formula is C13H22N2. The van der Waals surface area contributed by atoms with Crippen LogP contribution in [0.2, 0.25) is 0 Å². The molecule has 0 aliphatic heterocycles. The Morgan fingerprint density at radius 2 is 1.73 bits per heavy atom. The Morgan fingerprint density at radius 3 is 2.20 bits per heavy atom. The number of nitrogens with one attached hydrogen (secondary N) is 1. The fourth-order valence-corrected chi connectivity index (χ4v) is 1.80. The van der Waals surface area contributed by atoms with Gasteiger partial charge in [0.25, 0.3) is 0 Å². The van der Waals surface area contributed by atoms with Crippen molar-refractivity contribution < 1.29 is 0 Å². The maximum Gasteiger partial charge on any atom is 0.0314 e. The van der Waals surface area contributed by atoms with Crippen molar-refractivity contribution in [2.75, 3.05) is 5.73 Å². The first-order chi connectivity index (χ1) is 6.87. The van der Waals surface area contributed by atoms with Crippen molar-refractivity contribution in [3.05, 3.63) is 29.8 Å². The van der Waals surface area contributed by atoms with E-state index < -0.39 is 0 Å². The fourth-order valence-electron chi connectivity index (χ4n) is 1.80. The van der Waals surface area contributed by atoms with Gasteiger partial charge in [-0.25, -0.2) is 0 Å². The molecule has 84 valence electrons. The predicted octanol–water partition coefficient (Wildman–Crippen LogP) is 2.59. The second kappa shape index (κ2) is 4.67. The van der Waals surface area contributed by atoms with Crippen LogP contribution >= 0.6 is 0 Å². The molecule has 0 amide bonds. The molecule has 1 aromatic carbocycles. The number of hydrogen-bond donors (Lipinski definition) is 2. The average Bonchev–Trinajstić information content (AvgIpc) is 2.05. The van der Waals surface area contributed by atoms with E-state index in [0.717, 1.165) is 12.1 Å². The molecule has 15 heavy (non-hydrogen) atoms. The van der Waals surface area contributed by atoms with Gasteiger partial charge in [-0.3, -0.25) is 0 Å². The van der Waals surface area contributed by atoms with Crippen LogP contribution < -0.4 is 11.1 Å². The van der Waals surface area contributed by atoms with Crippen LogP contribution in [0, 0.1) is 0 Å². The molecule has 0 saturated carbocycles. The predicted molar refractivity (Wildman–Crippen MR) is 66.9 cm³/mol. The summed E-state index contributed by atoms with van der Waals surface area (Å²) in [5, 5.41) is 3.55. The van der Waals surface area contributed by atoms with Gasteiger partial charge in [-0.1, -0.05) is 12.1 Å². The quantitative estimate of drug-likeness (QED) is 0.746. The molecule has 1 rings (SSSR count). The lowest BCUT2D eigenvalue weighted by atomic mass is 10.0. The lowest BCUT2D eigenvalue weighted by molar-refractivity contribution is 0.371. The van der Waals surface area contributed by atoms with Gasteiger partial charge in [0.15, 0.2) is 0 Å². The van der Waals surface area contributed by atoms with Gasteiger partial charge < -0.3 is 11.1 Å². The van der Waals surface area contributed by atoms with E-state index in [4.69, 9.17) is 5.73 Å². The number of rotatable bonds is 3. The third-order valence-corrected chi connectivity index (χ3v) is 2.20. The highest BCUT2D eigenvalue weighted by Gasteiger charge is 2.13. The number of hydrogen-bond acceptors (Lipinski definition) is 2. The molecular weight excluding hydrogens is 184 g/mol. The topological polar surface area (TPSA) is 38.0 Å². The van der Waals surface area contributed by atoms with Gasteiger partial charge >= 0.3 is 0 Å². The summed E-state index contributed by atoms with van der Waals surface area (Å²) in [5.74, 6) is 0. The van der Waals surface area contributed by atoms with Crippen LogP contribution in [-0.2, 0) is 6.42 Å². The second-order valence-corrected chi connectivity index (χ2v) is 5.24. The van der Waals surface area contributed by atoms with Crippen molar-refractivity contribution in [3.8, 4) is 0 Å². The highest BCUT2D eigenvalue weighted by molar-refractivity contribution is 5.39. The Hall–Kier alpha value is -1.02. The summed E-state index contributed by atoms with van der Waals surface area (Å²) in [6, 6.07) is 8.58. The summed E-state index contributed by atoms with van der Waals surface area (Å²) < 4.78 is 0.